The van der Waals surface area contributed by atoms with Gasteiger partial charge in [-0.05, 0) is 42.9 Å². The average Bonchev–Trinajstić information content (AvgIpc) is 2.24. The summed E-state index contributed by atoms with van der Waals surface area (Å²) in [7, 11) is 0. The van der Waals surface area contributed by atoms with E-state index in [0.29, 0.717) is 6.04 Å². The largest absolute Gasteiger partial charge is 0.382 e. The predicted molar refractivity (Wildman–Crippen MR) is 73.7 cm³/mol. The fourth-order valence-electron chi connectivity index (χ4n) is 2.74. The number of anilines is 1. The van der Waals surface area contributed by atoms with Crippen LogP contribution in [0.5, 0.6) is 0 Å². The van der Waals surface area contributed by atoms with Crippen molar-refractivity contribution in [1.29, 1.82) is 0 Å². The van der Waals surface area contributed by atoms with Crippen LogP contribution in [0.4, 0.5) is 5.69 Å². The molecule has 2 rings (SSSR count). The first-order valence-corrected chi connectivity index (χ1v) is 6.98. The second-order valence-electron chi connectivity index (χ2n) is 5.07. The minimum Gasteiger partial charge on any atom is -0.382 e. The van der Waals surface area contributed by atoms with Crippen molar-refractivity contribution in [2.45, 2.75) is 39.2 Å². The molecule has 0 bridgehead atoms. The van der Waals surface area contributed by atoms with Crippen LogP contribution in [0.2, 0.25) is 0 Å². The van der Waals surface area contributed by atoms with E-state index in [4.69, 9.17) is 0 Å². The molecule has 0 amide bonds. The number of hydrogen-bond acceptors (Lipinski definition) is 1. The first-order chi connectivity index (χ1) is 7.66. The molecule has 1 aliphatic rings. The van der Waals surface area contributed by atoms with Crippen molar-refractivity contribution >= 4 is 21.6 Å². The molecule has 1 N–H and O–H groups in total. The predicted octanol–water partition coefficient (Wildman–Crippen LogP) is 4.69. The van der Waals surface area contributed by atoms with E-state index in [0.717, 1.165) is 16.3 Å². The Morgan fingerprint density at radius 1 is 1.19 bits per heavy atom. The average molecular weight is 282 g/mol. The van der Waals surface area contributed by atoms with Crippen LogP contribution in [-0.2, 0) is 0 Å². The van der Waals surface area contributed by atoms with Crippen LogP contribution in [0.15, 0.2) is 28.7 Å². The molecule has 0 aromatic heterocycles. The lowest BCUT2D eigenvalue weighted by molar-refractivity contribution is 0.268. The second-order valence-corrected chi connectivity index (χ2v) is 5.98. The molecule has 0 radical (unpaired) electrons. The van der Waals surface area contributed by atoms with Gasteiger partial charge < -0.3 is 5.32 Å². The second kappa shape index (κ2) is 5.22. The lowest BCUT2D eigenvalue weighted by atomic mass is 9.78. The summed E-state index contributed by atoms with van der Waals surface area (Å²) in [6.45, 7) is 4.73. The molecule has 2 unspecified atom stereocenters. The van der Waals surface area contributed by atoms with Gasteiger partial charge in [0.2, 0.25) is 0 Å². The van der Waals surface area contributed by atoms with Crippen molar-refractivity contribution in [2.75, 3.05) is 5.32 Å². The molecule has 16 heavy (non-hydrogen) atoms. The van der Waals surface area contributed by atoms with Gasteiger partial charge in [-0.25, -0.2) is 0 Å². The molecule has 0 spiro atoms. The van der Waals surface area contributed by atoms with Gasteiger partial charge >= 0.3 is 0 Å². The highest BCUT2D eigenvalue weighted by Gasteiger charge is 2.27. The third-order valence-electron chi connectivity index (χ3n) is 3.70. The maximum absolute atomic E-state index is 3.69. The molecule has 88 valence electrons. The highest BCUT2D eigenvalue weighted by molar-refractivity contribution is 9.10. The van der Waals surface area contributed by atoms with Crippen molar-refractivity contribution < 1.29 is 0 Å². The molecule has 1 saturated carbocycles. The first-order valence-electron chi connectivity index (χ1n) is 6.19. The molecule has 0 aliphatic heterocycles. The molecular weight excluding hydrogens is 262 g/mol. The maximum atomic E-state index is 3.69. The van der Waals surface area contributed by atoms with Gasteiger partial charge in [0, 0.05) is 16.2 Å². The van der Waals surface area contributed by atoms with Gasteiger partial charge in [0.05, 0.1) is 0 Å². The van der Waals surface area contributed by atoms with E-state index in [1.807, 2.05) is 0 Å². The van der Waals surface area contributed by atoms with Crippen molar-refractivity contribution in [1.82, 2.24) is 0 Å². The lowest BCUT2D eigenvalue weighted by Crippen LogP contribution is -2.37. The van der Waals surface area contributed by atoms with Crippen molar-refractivity contribution in [3.8, 4) is 0 Å². The highest BCUT2D eigenvalue weighted by atomic mass is 79.9. The number of hydrogen-bond donors (Lipinski definition) is 1. The maximum Gasteiger partial charge on any atom is 0.0353 e. The van der Waals surface area contributed by atoms with Crippen LogP contribution in [0.25, 0.3) is 0 Å². The van der Waals surface area contributed by atoms with E-state index < -0.39 is 0 Å². The van der Waals surface area contributed by atoms with Crippen LogP contribution < -0.4 is 5.32 Å². The number of halogens is 1. The number of rotatable bonds is 2. The summed E-state index contributed by atoms with van der Waals surface area (Å²) in [5, 5.41) is 3.69. The minimum atomic E-state index is 0.628. The Kier molecular flexibility index (Phi) is 3.91. The topological polar surface area (TPSA) is 12.0 Å². The Bertz CT molecular complexity index is 340. The van der Waals surface area contributed by atoms with Gasteiger partial charge in [-0.2, -0.15) is 0 Å². The van der Waals surface area contributed by atoms with Crippen molar-refractivity contribution in [3.05, 3.63) is 28.7 Å². The van der Waals surface area contributed by atoms with Gasteiger partial charge in [0.15, 0.2) is 0 Å². The van der Waals surface area contributed by atoms with Gasteiger partial charge in [-0.3, -0.25) is 0 Å². The van der Waals surface area contributed by atoms with Crippen molar-refractivity contribution in [2.24, 2.45) is 11.8 Å². The Morgan fingerprint density at radius 3 is 2.50 bits per heavy atom. The summed E-state index contributed by atoms with van der Waals surface area (Å²) in [6, 6.07) is 9.10. The van der Waals surface area contributed by atoms with Crippen LogP contribution in [0.3, 0.4) is 0 Å². The van der Waals surface area contributed by atoms with Gasteiger partial charge in [-0.15, -0.1) is 0 Å². The quantitative estimate of drug-likeness (QED) is 0.830. The van der Waals surface area contributed by atoms with E-state index in [1.54, 1.807) is 0 Å². The summed E-state index contributed by atoms with van der Waals surface area (Å²) < 4.78 is 1.15. The minimum absolute atomic E-state index is 0.628. The van der Waals surface area contributed by atoms with Crippen LogP contribution in [0, 0.1) is 11.8 Å². The fourth-order valence-corrected chi connectivity index (χ4v) is 3.14. The van der Waals surface area contributed by atoms with E-state index in [1.165, 1.54) is 24.9 Å². The van der Waals surface area contributed by atoms with Gasteiger partial charge in [0.1, 0.15) is 0 Å². The van der Waals surface area contributed by atoms with E-state index >= 15 is 0 Å². The molecule has 1 aromatic carbocycles. The van der Waals surface area contributed by atoms with Crippen molar-refractivity contribution in [3.63, 3.8) is 0 Å². The first kappa shape index (κ1) is 12.0. The van der Waals surface area contributed by atoms with E-state index in [2.05, 4.69) is 59.4 Å². The summed E-state index contributed by atoms with van der Waals surface area (Å²) in [5.41, 5.74) is 1.24. The Balaban J connectivity index is 2.07. The Hall–Kier alpha value is -0.500. The Morgan fingerprint density at radius 2 is 1.88 bits per heavy atom. The Labute approximate surface area is 107 Å². The van der Waals surface area contributed by atoms with E-state index in [9.17, 15) is 0 Å². The number of benzene rings is 1. The monoisotopic (exact) mass is 281 g/mol. The van der Waals surface area contributed by atoms with Gasteiger partial charge in [-0.1, -0.05) is 42.3 Å². The molecular formula is C14H20BrN. The zero-order valence-corrected chi connectivity index (χ0v) is 11.6. The SMILES string of the molecule is CC1CCCC(C)C1Nc1cccc(Br)c1. The molecule has 0 heterocycles. The van der Waals surface area contributed by atoms with Gasteiger partial charge in [0.25, 0.3) is 0 Å². The summed E-state index contributed by atoms with van der Waals surface area (Å²) in [4.78, 5) is 0. The van der Waals surface area contributed by atoms with E-state index in [-0.39, 0.29) is 0 Å². The van der Waals surface area contributed by atoms with Crippen LogP contribution >= 0.6 is 15.9 Å². The normalized spacial score (nSPS) is 30.1. The molecule has 0 saturated heterocycles. The highest BCUT2D eigenvalue weighted by Crippen LogP contribution is 2.31. The molecule has 1 aliphatic carbocycles. The smallest absolute Gasteiger partial charge is 0.0353 e. The summed E-state index contributed by atoms with van der Waals surface area (Å²) in [5.74, 6) is 1.56. The summed E-state index contributed by atoms with van der Waals surface area (Å²) in [6.07, 6.45) is 4.10. The molecule has 2 heteroatoms. The zero-order chi connectivity index (χ0) is 11.5. The molecule has 1 fully saturated rings. The third kappa shape index (κ3) is 2.79. The van der Waals surface area contributed by atoms with Crippen LogP contribution in [0.1, 0.15) is 33.1 Å². The third-order valence-corrected chi connectivity index (χ3v) is 4.20. The zero-order valence-electron chi connectivity index (χ0n) is 10.0. The van der Waals surface area contributed by atoms with Crippen LogP contribution in [-0.4, -0.2) is 6.04 Å². The lowest BCUT2D eigenvalue weighted by Gasteiger charge is -2.35. The molecule has 1 aromatic rings. The number of nitrogens with one attached hydrogen (secondary N) is 1. The molecule has 1 nitrogen and oxygen atoms in total. The fraction of sp³-hybridized carbons (Fsp3) is 0.571. The summed E-state index contributed by atoms with van der Waals surface area (Å²) >= 11 is 3.52. The molecule has 2 atom stereocenters. The standard InChI is InChI=1S/C14H20BrN/c1-10-5-3-6-11(2)14(10)16-13-8-4-7-12(15)9-13/h4,7-11,14,16H,3,5-6H2,1-2H3.